The number of nitrogens with zero attached hydrogens (tertiary/aromatic N) is 1. The molecule has 1 heterocycles. The maximum Gasteiger partial charge on any atom is 0.260 e. The van der Waals surface area contributed by atoms with Crippen LogP contribution in [0, 0.1) is 17.0 Å². The summed E-state index contributed by atoms with van der Waals surface area (Å²) < 4.78 is 31.3. The summed E-state index contributed by atoms with van der Waals surface area (Å²) in [6, 6.07) is 3.04. The van der Waals surface area contributed by atoms with Crippen LogP contribution in [0.3, 0.4) is 0 Å². The highest BCUT2D eigenvalue weighted by atomic mass is 35.5. The fourth-order valence-corrected chi connectivity index (χ4v) is 2.41. The Morgan fingerprint density at radius 2 is 2.14 bits per heavy atom. The maximum atomic E-state index is 13.4. The van der Waals surface area contributed by atoms with E-state index < -0.39 is 11.6 Å². The summed E-state index contributed by atoms with van der Waals surface area (Å²) in [6.07, 6.45) is 0.726. The van der Waals surface area contributed by atoms with E-state index in [1.165, 1.54) is 6.07 Å². The van der Waals surface area contributed by atoms with E-state index in [0.29, 0.717) is 13.1 Å². The molecule has 1 aromatic carbocycles. The van der Waals surface area contributed by atoms with Gasteiger partial charge in [0.25, 0.3) is 5.91 Å². The molecule has 124 valence electrons. The van der Waals surface area contributed by atoms with Crippen LogP contribution in [0.15, 0.2) is 18.2 Å². The number of benzene rings is 1. The average Bonchev–Trinajstić information content (AvgIpc) is 2.40. The van der Waals surface area contributed by atoms with Gasteiger partial charge in [0, 0.05) is 25.2 Å². The first-order valence-electron chi connectivity index (χ1n) is 6.91. The molecule has 1 amide bonds. The van der Waals surface area contributed by atoms with Gasteiger partial charge < -0.3 is 15.4 Å². The van der Waals surface area contributed by atoms with Gasteiger partial charge in [0.1, 0.15) is 5.82 Å². The van der Waals surface area contributed by atoms with Crippen molar-refractivity contribution >= 4 is 18.3 Å². The van der Waals surface area contributed by atoms with Crippen molar-refractivity contribution < 1.29 is 18.3 Å². The molecular weight excluding hydrogens is 314 g/mol. The van der Waals surface area contributed by atoms with Crippen LogP contribution in [0.1, 0.15) is 20.3 Å². The number of halogens is 3. The third-order valence-corrected chi connectivity index (χ3v) is 3.91. The summed E-state index contributed by atoms with van der Waals surface area (Å²) in [5, 5.41) is 0. The highest BCUT2D eigenvalue weighted by Gasteiger charge is 2.35. The average molecular weight is 335 g/mol. The predicted octanol–water partition coefficient (Wildman–Crippen LogP) is 2.35. The van der Waals surface area contributed by atoms with Crippen LogP contribution in [-0.2, 0) is 4.79 Å². The lowest BCUT2D eigenvalue weighted by Gasteiger charge is -2.42. The number of carbonyl (C=O) groups is 1. The van der Waals surface area contributed by atoms with Crippen LogP contribution < -0.4 is 10.5 Å². The molecule has 4 nitrogen and oxygen atoms in total. The molecule has 0 aromatic heterocycles. The minimum absolute atomic E-state index is 0. The second kappa shape index (κ2) is 7.24. The van der Waals surface area contributed by atoms with Crippen LogP contribution in [-0.4, -0.2) is 36.5 Å². The van der Waals surface area contributed by atoms with E-state index in [2.05, 4.69) is 0 Å². The monoisotopic (exact) mass is 334 g/mol. The Bertz CT molecular complexity index is 540. The first-order chi connectivity index (χ1) is 9.79. The van der Waals surface area contributed by atoms with Gasteiger partial charge >= 0.3 is 0 Å². The Labute approximate surface area is 135 Å². The highest BCUT2D eigenvalue weighted by molar-refractivity contribution is 5.85. The van der Waals surface area contributed by atoms with Crippen LogP contribution >= 0.6 is 12.4 Å². The summed E-state index contributed by atoms with van der Waals surface area (Å²) in [6.45, 7) is 4.87. The molecule has 1 saturated heterocycles. The Morgan fingerprint density at radius 3 is 2.73 bits per heavy atom. The number of carbonyl (C=O) groups excluding carboxylic acids is 1. The zero-order valence-corrected chi connectivity index (χ0v) is 13.5. The largest absolute Gasteiger partial charge is 0.481 e. The number of rotatable bonds is 3. The van der Waals surface area contributed by atoms with E-state index in [0.717, 1.165) is 18.6 Å². The molecule has 0 aliphatic carbocycles. The van der Waals surface area contributed by atoms with E-state index in [-0.39, 0.29) is 42.1 Å². The smallest absolute Gasteiger partial charge is 0.260 e. The summed E-state index contributed by atoms with van der Waals surface area (Å²) in [5.41, 5.74) is 5.86. The van der Waals surface area contributed by atoms with Crippen molar-refractivity contribution in [2.24, 2.45) is 11.1 Å². The first kappa shape index (κ1) is 18.6. The summed E-state index contributed by atoms with van der Waals surface area (Å²) in [5.74, 6) is -1.85. The molecule has 2 rings (SSSR count). The number of piperidine rings is 1. The summed E-state index contributed by atoms with van der Waals surface area (Å²) in [7, 11) is 0. The predicted molar refractivity (Wildman–Crippen MR) is 82.1 cm³/mol. The molecule has 1 aliphatic heterocycles. The van der Waals surface area contributed by atoms with Crippen molar-refractivity contribution in [3.8, 4) is 5.75 Å². The molecule has 1 unspecified atom stereocenters. The van der Waals surface area contributed by atoms with Gasteiger partial charge in [-0.3, -0.25) is 4.79 Å². The Balaban J connectivity index is 0.00000242. The topological polar surface area (TPSA) is 55.6 Å². The minimum Gasteiger partial charge on any atom is -0.481 e. The van der Waals surface area contributed by atoms with E-state index in [9.17, 15) is 13.6 Å². The lowest BCUT2D eigenvalue weighted by atomic mass is 9.80. The van der Waals surface area contributed by atoms with E-state index in [1.807, 2.05) is 13.8 Å². The van der Waals surface area contributed by atoms with Crippen LogP contribution in [0.2, 0.25) is 0 Å². The van der Waals surface area contributed by atoms with Gasteiger partial charge in [-0.1, -0.05) is 13.8 Å². The Morgan fingerprint density at radius 1 is 1.45 bits per heavy atom. The van der Waals surface area contributed by atoms with Gasteiger partial charge in [-0.05, 0) is 24.0 Å². The quantitative estimate of drug-likeness (QED) is 0.923. The van der Waals surface area contributed by atoms with Gasteiger partial charge in [-0.25, -0.2) is 8.78 Å². The molecule has 0 bridgehead atoms. The molecule has 0 saturated carbocycles. The van der Waals surface area contributed by atoms with Crippen LogP contribution in [0.4, 0.5) is 8.78 Å². The number of hydrogen-bond acceptors (Lipinski definition) is 3. The molecule has 2 N–H and O–H groups in total. The maximum absolute atomic E-state index is 13.4. The molecular formula is C15H21ClF2N2O2. The normalized spacial score (nSPS) is 20.2. The van der Waals surface area contributed by atoms with Crippen molar-refractivity contribution in [1.29, 1.82) is 0 Å². The fourth-order valence-electron chi connectivity index (χ4n) is 2.41. The third-order valence-electron chi connectivity index (χ3n) is 3.91. The van der Waals surface area contributed by atoms with E-state index >= 15 is 0 Å². The van der Waals surface area contributed by atoms with Crippen molar-refractivity contribution in [3.63, 3.8) is 0 Å². The van der Waals surface area contributed by atoms with Gasteiger partial charge in [-0.2, -0.15) is 0 Å². The Hall–Kier alpha value is -1.40. The van der Waals surface area contributed by atoms with Crippen molar-refractivity contribution in [1.82, 2.24) is 4.90 Å². The molecule has 7 heteroatoms. The lowest BCUT2D eigenvalue weighted by molar-refractivity contribution is -0.136. The SMILES string of the molecule is CC1(C)CN(C(=O)COc2ccc(F)cc2F)CCC1N.Cl. The zero-order valence-electron chi connectivity index (χ0n) is 12.6. The number of nitrogens with two attached hydrogens (primary N) is 1. The van der Waals surface area contributed by atoms with Gasteiger partial charge in [0.15, 0.2) is 18.2 Å². The molecule has 0 spiro atoms. The summed E-state index contributed by atoms with van der Waals surface area (Å²) in [4.78, 5) is 13.8. The van der Waals surface area contributed by atoms with Gasteiger partial charge in [-0.15, -0.1) is 12.4 Å². The lowest BCUT2D eigenvalue weighted by Crippen LogP contribution is -2.54. The highest BCUT2D eigenvalue weighted by Crippen LogP contribution is 2.27. The van der Waals surface area contributed by atoms with Crippen molar-refractivity contribution in [3.05, 3.63) is 29.8 Å². The number of hydrogen-bond donors (Lipinski definition) is 1. The fraction of sp³-hybridized carbons (Fsp3) is 0.533. The third kappa shape index (κ3) is 4.30. The van der Waals surface area contributed by atoms with Crippen molar-refractivity contribution in [2.75, 3.05) is 19.7 Å². The molecule has 1 aromatic rings. The van der Waals surface area contributed by atoms with E-state index in [4.69, 9.17) is 10.5 Å². The van der Waals surface area contributed by atoms with Crippen LogP contribution in [0.5, 0.6) is 5.75 Å². The van der Waals surface area contributed by atoms with E-state index in [1.54, 1.807) is 4.90 Å². The number of amides is 1. The minimum atomic E-state index is -0.816. The standard InChI is InChI=1S/C15H20F2N2O2.ClH/c1-15(2)9-19(6-5-13(15)18)14(20)8-21-12-4-3-10(16)7-11(12)17;/h3-4,7,13H,5-6,8-9,18H2,1-2H3;1H. The molecule has 1 aliphatic rings. The second-order valence-electron chi connectivity index (χ2n) is 6.06. The first-order valence-corrected chi connectivity index (χ1v) is 6.91. The molecule has 22 heavy (non-hydrogen) atoms. The Kier molecular flexibility index (Phi) is 6.14. The summed E-state index contributed by atoms with van der Waals surface area (Å²) >= 11 is 0. The number of likely N-dealkylation sites (tertiary alicyclic amines) is 1. The van der Waals surface area contributed by atoms with Crippen LogP contribution in [0.25, 0.3) is 0 Å². The van der Waals surface area contributed by atoms with Crippen molar-refractivity contribution in [2.45, 2.75) is 26.3 Å². The second-order valence-corrected chi connectivity index (χ2v) is 6.06. The molecule has 0 radical (unpaired) electrons. The number of ether oxygens (including phenoxy) is 1. The van der Waals surface area contributed by atoms with Gasteiger partial charge in [0.05, 0.1) is 0 Å². The molecule has 1 atom stereocenters. The molecule has 1 fully saturated rings. The van der Waals surface area contributed by atoms with Gasteiger partial charge in [0.2, 0.25) is 0 Å². The zero-order chi connectivity index (χ0) is 15.6.